The Kier molecular flexibility index (Phi) is 10.6. The average molecular weight is 599 g/mol. The Bertz CT molecular complexity index is 1270. The number of aldehydes is 1. The van der Waals surface area contributed by atoms with Crippen molar-refractivity contribution in [1.29, 1.82) is 0 Å². The lowest BCUT2D eigenvalue weighted by Gasteiger charge is -2.35. The van der Waals surface area contributed by atoms with Crippen LogP contribution in [0.2, 0.25) is 0 Å². The summed E-state index contributed by atoms with van der Waals surface area (Å²) in [5.41, 5.74) is -3.08. The monoisotopic (exact) mass is 598 g/mol. The standard InChI is InChI=1S/C16H21NO5.C16H21NO4/c1-15(2,13(18)19)16(21)8-9-17(11-16)14(20)22-10-12-6-4-3-5-7-12;1-15(2,12-18)16(20)8-9-17(11-16)14(19)21-10-13-6-4-3-5-7-13/h3-7,21H,8-11H2,1-2H3,(H,18,19);3-7,12,20H,8-11H2,1-2H3. The van der Waals surface area contributed by atoms with E-state index < -0.39 is 40.2 Å². The lowest BCUT2D eigenvalue weighted by molar-refractivity contribution is -0.163. The number of aliphatic hydroxyl groups is 2. The molecule has 0 saturated carbocycles. The molecule has 4 rings (SSSR count). The minimum atomic E-state index is -1.45. The number of carbonyl (C=O) groups is 4. The number of nitrogens with zero attached hydrogens (tertiary/aromatic N) is 2. The van der Waals surface area contributed by atoms with Crippen LogP contribution in [0.4, 0.5) is 9.59 Å². The van der Waals surface area contributed by atoms with Crippen molar-refractivity contribution in [3.05, 3.63) is 71.8 Å². The van der Waals surface area contributed by atoms with Gasteiger partial charge in [0.25, 0.3) is 0 Å². The van der Waals surface area contributed by atoms with Crippen LogP contribution in [0.15, 0.2) is 60.7 Å². The van der Waals surface area contributed by atoms with Gasteiger partial charge in [-0.05, 0) is 37.8 Å². The minimum absolute atomic E-state index is 0.0417. The average Bonchev–Trinajstić information content (AvgIpc) is 3.61. The summed E-state index contributed by atoms with van der Waals surface area (Å²) in [6, 6.07) is 18.7. The molecule has 2 unspecified atom stereocenters. The number of benzene rings is 2. The van der Waals surface area contributed by atoms with Gasteiger partial charge in [0.2, 0.25) is 0 Å². The van der Waals surface area contributed by atoms with E-state index in [1.165, 1.54) is 23.6 Å². The molecule has 0 spiro atoms. The lowest BCUT2D eigenvalue weighted by Crippen LogP contribution is -2.51. The molecule has 2 amide bonds. The van der Waals surface area contributed by atoms with E-state index in [-0.39, 0.29) is 39.3 Å². The second-order valence-electron chi connectivity index (χ2n) is 12.3. The zero-order chi connectivity index (χ0) is 31.9. The fourth-order valence-electron chi connectivity index (χ4n) is 4.87. The lowest BCUT2D eigenvalue weighted by atomic mass is 9.74. The van der Waals surface area contributed by atoms with Gasteiger partial charge in [-0.25, -0.2) is 9.59 Å². The normalized spacial score (nSPS) is 21.9. The molecule has 0 aromatic heterocycles. The third-order valence-electron chi connectivity index (χ3n) is 8.61. The van der Waals surface area contributed by atoms with E-state index in [2.05, 4.69) is 0 Å². The molecule has 0 aliphatic carbocycles. The van der Waals surface area contributed by atoms with Gasteiger partial charge in [-0.1, -0.05) is 74.5 Å². The SMILES string of the molecule is CC(C)(C(=O)O)C1(O)CCN(C(=O)OCc2ccccc2)C1.CC(C)(C=O)C1(O)CCN(C(=O)OCc2ccccc2)C1. The first-order valence-corrected chi connectivity index (χ1v) is 14.2. The molecule has 11 nitrogen and oxygen atoms in total. The van der Waals surface area contributed by atoms with Gasteiger partial charge in [-0.2, -0.15) is 0 Å². The molecule has 2 atom stereocenters. The Morgan fingerprint density at radius 3 is 1.56 bits per heavy atom. The number of carboxylic acids is 1. The number of ether oxygens (including phenoxy) is 2. The molecule has 3 N–H and O–H groups in total. The summed E-state index contributed by atoms with van der Waals surface area (Å²) >= 11 is 0. The molecule has 2 aliphatic rings. The van der Waals surface area contributed by atoms with Crippen molar-refractivity contribution >= 4 is 24.4 Å². The van der Waals surface area contributed by atoms with Crippen LogP contribution in [0.1, 0.15) is 51.7 Å². The number of carboxylic acid groups (broad SMARTS) is 1. The van der Waals surface area contributed by atoms with Crippen molar-refractivity contribution in [3.63, 3.8) is 0 Å². The number of aliphatic carboxylic acids is 1. The summed E-state index contributed by atoms with van der Waals surface area (Å²) in [4.78, 5) is 49.3. The molecule has 43 heavy (non-hydrogen) atoms. The second-order valence-corrected chi connectivity index (χ2v) is 12.3. The molecule has 234 valence electrons. The van der Waals surface area contributed by atoms with Gasteiger partial charge in [0.15, 0.2) is 0 Å². The van der Waals surface area contributed by atoms with Crippen molar-refractivity contribution < 1.29 is 44.0 Å². The van der Waals surface area contributed by atoms with Crippen molar-refractivity contribution in [2.24, 2.45) is 10.8 Å². The fourth-order valence-corrected chi connectivity index (χ4v) is 4.87. The molecule has 2 heterocycles. The van der Waals surface area contributed by atoms with E-state index in [1.54, 1.807) is 13.8 Å². The van der Waals surface area contributed by atoms with Crippen molar-refractivity contribution in [1.82, 2.24) is 9.80 Å². The number of hydrogen-bond acceptors (Lipinski definition) is 8. The summed E-state index contributed by atoms with van der Waals surface area (Å²) in [7, 11) is 0. The first kappa shape index (κ1) is 33.5. The van der Waals surface area contributed by atoms with E-state index >= 15 is 0 Å². The highest BCUT2D eigenvalue weighted by Crippen LogP contribution is 2.39. The van der Waals surface area contributed by atoms with Crippen LogP contribution in [0.25, 0.3) is 0 Å². The molecule has 11 heteroatoms. The maximum atomic E-state index is 12.0. The number of likely N-dealkylation sites (tertiary alicyclic amines) is 2. The Hall–Kier alpha value is -3.96. The maximum absolute atomic E-state index is 12.0. The van der Waals surface area contributed by atoms with Crippen LogP contribution in [-0.2, 0) is 32.3 Å². The summed E-state index contributed by atoms with van der Waals surface area (Å²) in [6.07, 6.45) is 0.329. The quantitative estimate of drug-likeness (QED) is 0.385. The van der Waals surface area contributed by atoms with Crippen LogP contribution >= 0.6 is 0 Å². The van der Waals surface area contributed by atoms with Crippen LogP contribution in [-0.4, -0.2) is 86.9 Å². The topological polar surface area (TPSA) is 154 Å². The fraction of sp³-hybridized carbons (Fsp3) is 0.500. The summed E-state index contributed by atoms with van der Waals surface area (Å²) in [6.45, 7) is 7.39. The minimum Gasteiger partial charge on any atom is -0.481 e. The van der Waals surface area contributed by atoms with Crippen LogP contribution in [0.5, 0.6) is 0 Å². The van der Waals surface area contributed by atoms with Crippen LogP contribution in [0, 0.1) is 10.8 Å². The van der Waals surface area contributed by atoms with E-state index in [9.17, 15) is 34.5 Å². The van der Waals surface area contributed by atoms with Gasteiger partial charge in [0.1, 0.15) is 19.5 Å². The molecular formula is C32H42N2O9. The van der Waals surface area contributed by atoms with Gasteiger partial charge in [-0.3, -0.25) is 4.79 Å². The summed E-state index contributed by atoms with van der Waals surface area (Å²) < 4.78 is 10.4. The molecule has 0 radical (unpaired) electrons. The Morgan fingerprint density at radius 2 is 1.16 bits per heavy atom. The van der Waals surface area contributed by atoms with E-state index in [1.807, 2.05) is 60.7 Å². The maximum Gasteiger partial charge on any atom is 0.410 e. The smallest absolute Gasteiger partial charge is 0.410 e. The number of amides is 2. The molecule has 2 aromatic rings. The molecule has 2 aromatic carbocycles. The predicted octanol–water partition coefficient (Wildman–Crippen LogP) is 3.86. The zero-order valence-electron chi connectivity index (χ0n) is 25.2. The number of carbonyl (C=O) groups excluding carboxylic acids is 3. The number of hydrogen-bond donors (Lipinski definition) is 3. The van der Waals surface area contributed by atoms with Gasteiger partial charge >= 0.3 is 18.2 Å². The molecule has 0 bridgehead atoms. The van der Waals surface area contributed by atoms with Gasteiger partial charge in [0, 0.05) is 13.1 Å². The van der Waals surface area contributed by atoms with Crippen LogP contribution in [0.3, 0.4) is 0 Å². The highest BCUT2D eigenvalue weighted by Gasteiger charge is 2.54. The highest BCUT2D eigenvalue weighted by atomic mass is 16.6. The third-order valence-corrected chi connectivity index (χ3v) is 8.61. The molecule has 2 fully saturated rings. The number of rotatable bonds is 8. The molecule has 2 saturated heterocycles. The van der Waals surface area contributed by atoms with Crippen molar-refractivity contribution in [2.75, 3.05) is 26.2 Å². The van der Waals surface area contributed by atoms with Crippen molar-refractivity contribution in [3.8, 4) is 0 Å². The Morgan fingerprint density at radius 1 is 0.767 bits per heavy atom. The van der Waals surface area contributed by atoms with Gasteiger partial charge in [-0.15, -0.1) is 0 Å². The first-order valence-electron chi connectivity index (χ1n) is 14.2. The van der Waals surface area contributed by atoms with Crippen LogP contribution < -0.4 is 0 Å². The highest BCUT2D eigenvalue weighted by molar-refractivity contribution is 5.76. The second kappa shape index (κ2) is 13.6. The van der Waals surface area contributed by atoms with Gasteiger partial charge < -0.3 is 39.4 Å². The van der Waals surface area contributed by atoms with E-state index in [0.717, 1.165) is 17.4 Å². The third kappa shape index (κ3) is 7.91. The summed E-state index contributed by atoms with van der Waals surface area (Å²) in [5, 5.41) is 30.4. The Balaban J connectivity index is 0.000000236. The molecule has 2 aliphatic heterocycles. The Labute approximate surface area is 252 Å². The molecular weight excluding hydrogens is 556 g/mol. The first-order chi connectivity index (χ1) is 20.1. The summed E-state index contributed by atoms with van der Waals surface area (Å²) in [5.74, 6) is -1.09. The van der Waals surface area contributed by atoms with Gasteiger partial charge in [0.05, 0.1) is 35.1 Å². The zero-order valence-corrected chi connectivity index (χ0v) is 25.2. The van der Waals surface area contributed by atoms with E-state index in [0.29, 0.717) is 13.0 Å². The number of β-amino-alcohol motifs (C(OH)–C–C–N with tert-alkyl or cyclic N) is 2. The van der Waals surface area contributed by atoms with E-state index in [4.69, 9.17) is 9.47 Å². The van der Waals surface area contributed by atoms with Crippen molar-refractivity contribution in [2.45, 2.75) is 65.0 Å². The predicted molar refractivity (Wildman–Crippen MR) is 157 cm³/mol. The largest absolute Gasteiger partial charge is 0.481 e.